The van der Waals surface area contributed by atoms with E-state index in [1.807, 2.05) is 0 Å². The van der Waals surface area contributed by atoms with Crippen molar-refractivity contribution < 1.29 is 23.2 Å². The minimum Gasteiger partial charge on any atom is -0.462 e. The van der Waals surface area contributed by atoms with E-state index in [2.05, 4.69) is 15.2 Å². The highest BCUT2D eigenvalue weighted by atomic mass is 32.2. The highest BCUT2D eigenvalue weighted by molar-refractivity contribution is 8.00. The lowest BCUT2D eigenvalue weighted by molar-refractivity contribution is 0.0525. The van der Waals surface area contributed by atoms with Crippen molar-refractivity contribution in [2.24, 2.45) is 0 Å². The smallest absolute Gasteiger partial charge is 0.340 e. The Kier molecular flexibility index (Phi) is 5.50. The summed E-state index contributed by atoms with van der Waals surface area (Å²) in [5.41, 5.74) is 1.95. The molecule has 3 aromatic rings. The first-order chi connectivity index (χ1) is 12.9. The van der Waals surface area contributed by atoms with E-state index >= 15 is 0 Å². The Bertz CT molecular complexity index is 958. The molecule has 8 nitrogen and oxygen atoms in total. The van der Waals surface area contributed by atoms with Gasteiger partial charge < -0.3 is 18.6 Å². The first-order valence-corrected chi connectivity index (χ1v) is 9.24. The van der Waals surface area contributed by atoms with Crippen LogP contribution in [-0.2, 0) is 4.74 Å². The fourth-order valence-corrected chi connectivity index (χ4v) is 3.41. The van der Waals surface area contributed by atoms with Crippen molar-refractivity contribution in [2.45, 2.75) is 38.2 Å². The number of hydrogen-bond acceptors (Lipinski definition) is 8. The van der Waals surface area contributed by atoms with Crippen LogP contribution in [0.1, 0.15) is 46.0 Å². The molecule has 0 radical (unpaired) electrons. The third-order valence-corrected chi connectivity index (χ3v) is 4.88. The van der Waals surface area contributed by atoms with Crippen LogP contribution in [0.5, 0.6) is 0 Å². The number of aromatic nitrogens is 3. The summed E-state index contributed by atoms with van der Waals surface area (Å²) in [5.74, 6) is 0.0962. The SMILES string of the molecule is CCOC(=O)c1c(C)[nH]c(C(=O)[C@@H](C)Sc2nnc(-c3ccco3)o2)c1C. The zero-order valence-corrected chi connectivity index (χ0v) is 16.2. The van der Waals surface area contributed by atoms with Crippen molar-refractivity contribution in [2.75, 3.05) is 6.61 Å². The molecule has 0 saturated carbocycles. The quantitative estimate of drug-likeness (QED) is 0.369. The van der Waals surface area contributed by atoms with Gasteiger partial charge in [0.1, 0.15) is 0 Å². The lowest BCUT2D eigenvalue weighted by Crippen LogP contribution is -2.15. The van der Waals surface area contributed by atoms with Crippen LogP contribution < -0.4 is 0 Å². The van der Waals surface area contributed by atoms with E-state index in [1.54, 1.807) is 39.8 Å². The molecule has 1 atom stereocenters. The molecule has 1 N–H and O–H groups in total. The van der Waals surface area contributed by atoms with Crippen molar-refractivity contribution in [1.82, 2.24) is 15.2 Å². The molecule has 0 spiro atoms. The third-order valence-electron chi connectivity index (χ3n) is 3.95. The van der Waals surface area contributed by atoms with E-state index in [4.69, 9.17) is 13.6 Å². The molecular formula is C18H19N3O5S. The topological polar surface area (TPSA) is 111 Å². The molecule has 0 saturated heterocycles. The number of nitrogens with one attached hydrogen (secondary N) is 1. The highest BCUT2D eigenvalue weighted by Gasteiger charge is 2.27. The molecular weight excluding hydrogens is 370 g/mol. The second-order valence-electron chi connectivity index (χ2n) is 5.82. The first-order valence-electron chi connectivity index (χ1n) is 8.36. The van der Waals surface area contributed by atoms with Crippen LogP contribution in [0.15, 0.2) is 32.5 Å². The number of ether oxygens (including phenoxy) is 1. The first kappa shape index (κ1) is 19.0. The summed E-state index contributed by atoms with van der Waals surface area (Å²) >= 11 is 1.14. The lowest BCUT2D eigenvalue weighted by atomic mass is 10.1. The second-order valence-corrected chi connectivity index (χ2v) is 7.11. The van der Waals surface area contributed by atoms with Crippen LogP contribution in [-0.4, -0.2) is 38.8 Å². The number of ketones is 1. The second kappa shape index (κ2) is 7.83. The van der Waals surface area contributed by atoms with Gasteiger partial charge >= 0.3 is 5.97 Å². The van der Waals surface area contributed by atoms with Crippen LogP contribution in [0.25, 0.3) is 11.7 Å². The number of H-pyrrole nitrogens is 1. The Morgan fingerprint density at radius 3 is 2.78 bits per heavy atom. The van der Waals surface area contributed by atoms with Gasteiger partial charge in [0.2, 0.25) is 0 Å². The molecule has 27 heavy (non-hydrogen) atoms. The van der Waals surface area contributed by atoms with Gasteiger partial charge in [0.05, 0.1) is 29.4 Å². The molecule has 0 amide bonds. The van der Waals surface area contributed by atoms with E-state index in [9.17, 15) is 9.59 Å². The van der Waals surface area contributed by atoms with Gasteiger partial charge in [0, 0.05) is 5.69 Å². The molecule has 3 heterocycles. The number of aryl methyl sites for hydroxylation is 1. The van der Waals surface area contributed by atoms with Gasteiger partial charge in [-0.05, 0) is 45.4 Å². The summed E-state index contributed by atoms with van der Waals surface area (Å²) in [6.07, 6.45) is 1.51. The van der Waals surface area contributed by atoms with Gasteiger partial charge in [-0.3, -0.25) is 4.79 Å². The Labute approximate surface area is 159 Å². The molecule has 9 heteroatoms. The number of Topliss-reactive ketones (excluding diaryl/α,β-unsaturated/α-hetero) is 1. The number of thioether (sulfide) groups is 1. The van der Waals surface area contributed by atoms with Gasteiger partial charge in [-0.15, -0.1) is 10.2 Å². The maximum absolute atomic E-state index is 12.8. The number of esters is 1. The normalized spacial score (nSPS) is 12.1. The Hall–Kier alpha value is -2.81. The summed E-state index contributed by atoms with van der Waals surface area (Å²) in [6.45, 7) is 7.21. The number of carbonyl (C=O) groups is 2. The van der Waals surface area contributed by atoms with Gasteiger partial charge in [-0.1, -0.05) is 11.8 Å². The number of rotatable bonds is 7. The zero-order valence-electron chi connectivity index (χ0n) is 15.4. The van der Waals surface area contributed by atoms with Crippen molar-refractivity contribution in [3.63, 3.8) is 0 Å². The zero-order chi connectivity index (χ0) is 19.6. The predicted octanol–water partition coefficient (Wildman–Crippen LogP) is 3.81. The monoisotopic (exact) mass is 389 g/mol. The number of hydrogen-bond donors (Lipinski definition) is 1. The third kappa shape index (κ3) is 3.82. The van der Waals surface area contributed by atoms with Crippen LogP contribution in [0.2, 0.25) is 0 Å². The Morgan fingerprint density at radius 2 is 2.11 bits per heavy atom. The van der Waals surface area contributed by atoms with Gasteiger partial charge in [-0.2, -0.15) is 0 Å². The summed E-state index contributed by atoms with van der Waals surface area (Å²) in [6, 6.07) is 3.43. The van der Waals surface area contributed by atoms with E-state index < -0.39 is 11.2 Å². The lowest BCUT2D eigenvalue weighted by Gasteiger charge is -2.07. The van der Waals surface area contributed by atoms with Gasteiger partial charge in [0.15, 0.2) is 11.5 Å². The fraction of sp³-hybridized carbons (Fsp3) is 0.333. The number of carbonyl (C=O) groups excluding carboxylic acids is 2. The summed E-state index contributed by atoms with van der Waals surface area (Å²) < 4.78 is 15.8. The molecule has 142 valence electrons. The molecule has 0 aliphatic rings. The van der Waals surface area contributed by atoms with Crippen molar-refractivity contribution in [1.29, 1.82) is 0 Å². The van der Waals surface area contributed by atoms with Gasteiger partial charge in [-0.25, -0.2) is 4.79 Å². The summed E-state index contributed by atoms with van der Waals surface area (Å²) in [5, 5.41) is 7.61. The molecule has 3 aromatic heterocycles. The molecule has 0 unspecified atom stereocenters. The Morgan fingerprint density at radius 1 is 1.33 bits per heavy atom. The molecule has 3 rings (SSSR count). The average Bonchev–Trinajstić information content (AvgIpc) is 3.35. The summed E-state index contributed by atoms with van der Waals surface area (Å²) in [4.78, 5) is 27.9. The number of aromatic amines is 1. The number of nitrogens with zero attached hydrogens (tertiary/aromatic N) is 2. The molecule has 0 aliphatic carbocycles. The molecule has 0 bridgehead atoms. The van der Waals surface area contributed by atoms with Crippen LogP contribution >= 0.6 is 11.8 Å². The predicted molar refractivity (Wildman–Crippen MR) is 97.9 cm³/mol. The minimum atomic E-state index is -0.498. The summed E-state index contributed by atoms with van der Waals surface area (Å²) in [7, 11) is 0. The maximum atomic E-state index is 12.8. The van der Waals surface area contributed by atoms with E-state index in [0.717, 1.165) is 11.8 Å². The van der Waals surface area contributed by atoms with Crippen LogP contribution in [0.4, 0.5) is 0 Å². The maximum Gasteiger partial charge on any atom is 0.340 e. The van der Waals surface area contributed by atoms with Gasteiger partial charge in [0.25, 0.3) is 11.1 Å². The minimum absolute atomic E-state index is 0.172. The van der Waals surface area contributed by atoms with E-state index in [-0.39, 0.29) is 23.5 Å². The van der Waals surface area contributed by atoms with E-state index in [1.165, 1.54) is 6.26 Å². The standard InChI is InChI=1S/C18H19N3O5S/c1-5-24-17(23)13-9(2)14(19-10(13)3)15(22)11(4)27-18-21-20-16(26-18)12-7-6-8-25-12/h6-8,11,19H,5H2,1-4H3/t11-/m1/s1. The van der Waals surface area contributed by atoms with Crippen molar-refractivity contribution >= 4 is 23.5 Å². The van der Waals surface area contributed by atoms with Crippen LogP contribution in [0.3, 0.4) is 0 Å². The van der Waals surface area contributed by atoms with Crippen LogP contribution in [0, 0.1) is 13.8 Å². The van der Waals surface area contributed by atoms with Crippen molar-refractivity contribution in [3.8, 4) is 11.7 Å². The molecule has 0 fully saturated rings. The molecule has 0 aliphatic heterocycles. The Balaban J connectivity index is 1.76. The fourth-order valence-electron chi connectivity index (χ4n) is 2.67. The molecule has 0 aromatic carbocycles. The average molecular weight is 389 g/mol. The largest absolute Gasteiger partial charge is 0.462 e. The van der Waals surface area contributed by atoms with E-state index in [0.29, 0.717) is 28.3 Å². The number of furan rings is 1. The highest BCUT2D eigenvalue weighted by Crippen LogP contribution is 2.29. The van der Waals surface area contributed by atoms with Crippen molar-refractivity contribution in [3.05, 3.63) is 40.9 Å².